The van der Waals surface area contributed by atoms with Crippen LogP contribution < -0.4 is 4.74 Å². The molecule has 0 aliphatic heterocycles. The van der Waals surface area contributed by atoms with E-state index in [0.717, 1.165) is 9.13 Å². The molecular formula is C18H11IN2O3. The van der Waals surface area contributed by atoms with Gasteiger partial charge in [-0.2, -0.15) is 5.26 Å². The molecule has 24 heavy (non-hydrogen) atoms. The summed E-state index contributed by atoms with van der Waals surface area (Å²) in [6.07, 6.45) is 6.84. The number of allylic oxidation sites excluding steroid dienone is 1. The molecule has 0 saturated carbocycles. The minimum Gasteiger partial charge on any atom is -0.480 e. The molecule has 5 nitrogen and oxygen atoms in total. The van der Waals surface area contributed by atoms with Crippen LogP contribution in [0.3, 0.4) is 0 Å². The quantitative estimate of drug-likeness (QED) is 0.177. The largest absolute Gasteiger partial charge is 0.480 e. The molecule has 0 fully saturated rings. The lowest BCUT2D eigenvalue weighted by molar-refractivity contribution is -0.384. The fraction of sp³-hybridized carbons (Fsp3) is 0.0556. The molecule has 2 aromatic rings. The van der Waals surface area contributed by atoms with Gasteiger partial charge in [-0.25, -0.2) is 0 Å². The molecule has 0 aliphatic rings. The molecule has 118 valence electrons. The summed E-state index contributed by atoms with van der Waals surface area (Å²) < 4.78 is 6.25. The van der Waals surface area contributed by atoms with Crippen molar-refractivity contribution in [3.63, 3.8) is 0 Å². The van der Waals surface area contributed by atoms with Crippen LogP contribution in [0.5, 0.6) is 5.75 Å². The number of halogens is 1. The molecular weight excluding hydrogens is 419 g/mol. The number of ether oxygens (including phenoxy) is 1. The molecule has 0 bridgehead atoms. The van der Waals surface area contributed by atoms with E-state index < -0.39 is 4.92 Å². The first kappa shape index (κ1) is 17.5. The molecule has 0 spiro atoms. The number of terminal acetylenes is 1. The zero-order valence-corrected chi connectivity index (χ0v) is 14.6. The van der Waals surface area contributed by atoms with Crippen LogP contribution in [0.25, 0.3) is 11.6 Å². The Morgan fingerprint density at radius 2 is 2.17 bits per heavy atom. The van der Waals surface area contributed by atoms with Crippen molar-refractivity contribution in [3.05, 3.63) is 67.3 Å². The molecule has 0 unspecified atom stereocenters. The van der Waals surface area contributed by atoms with Gasteiger partial charge >= 0.3 is 0 Å². The molecule has 0 aliphatic carbocycles. The second kappa shape index (κ2) is 8.14. The van der Waals surface area contributed by atoms with Crippen LogP contribution in [0.4, 0.5) is 5.69 Å². The average molecular weight is 430 g/mol. The van der Waals surface area contributed by atoms with Crippen molar-refractivity contribution >= 4 is 39.9 Å². The molecule has 6 heteroatoms. The predicted octanol–water partition coefficient (Wildman–Crippen LogP) is 4.28. The number of rotatable bonds is 5. The number of nitriles is 1. The number of hydrogen-bond acceptors (Lipinski definition) is 4. The Morgan fingerprint density at radius 1 is 1.38 bits per heavy atom. The van der Waals surface area contributed by atoms with Gasteiger partial charge in [0.2, 0.25) is 0 Å². The van der Waals surface area contributed by atoms with Gasteiger partial charge in [-0.1, -0.05) is 24.1 Å². The van der Waals surface area contributed by atoms with Crippen LogP contribution in [0.15, 0.2) is 42.5 Å². The standard InChI is InChI=1S/C18H11IN2O3/c1-2-8-24-18-7-6-13(10-17(18)19)9-15(12-20)14-4-3-5-16(11-14)21(22)23/h1,3-7,9-11H,8H2/b15-9-. The lowest BCUT2D eigenvalue weighted by atomic mass is 10.0. The Balaban J connectivity index is 2.36. The van der Waals surface area contributed by atoms with Crippen LogP contribution in [0, 0.1) is 37.4 Å². The molecule has 0 radical (unpaired) electrons. The highest BCUT2D eigenvalue weighted by Crippen LogP contribution is 2.26. The molecule has 2 aromatic carbocycles. The number of hydrogen-bond donors (Lipinski definition) is 0. The first-order valence-electron chi connectivity index (χ1n) is 6.77. The van der Waals surface area contributed by atoms with Gasteiger partial charge in [0.05, 0.1) is 20.1 Å². The maximum atomic E-state index is 10.9. The van der Waals surface area contributed by atoms with E-state index in [9.17, 15) is 15.4 Å². The van der Waals surface area contributed by atoms with Gasteiger partial charge in [0, 0.05) is 12.1 Å². The first-order valence-corrected chi connectivity index (χ1v) is 7.85. The summed E-state index contributed by atoms with van der Waals surface area (Å²) in [6, 6.07) is 13.5. The van der Waals surface area contributed by atoms with E-state index in [4.69, 9.17) is 11.2 Å². The Morgan fingerprint density at radius 3 is 2.79 bits per heavy atom. The second-order valence-electron chi connectivity index (χ2n) is 4.66. The van der Waals surface area contributed by atoms with Gasteiger partial charge in [-0.3, -0.25) is 10.1 Å². The minimum atomic E-state index is -0.487. The number of nitro benzene ring substituents is 1. The highest BCUT2D eigenvalue weighted by atomic mass is 127. The molecule has 0 atom stereocenters. The zero-order valence-electron chi connectivity index (χ0n) is 12.4. The van der Waals surface area contributed by atoms with E-state index in [2.05, 4.69) is 34.6 Å². The normalized spacial score (nSPS) is 10.5. The zero-order chi connectivity index (χ0) is 17.5. The van der Waals surface area contributed by atoms with Gasteiger partial charge in [0.15, 0.2) is 0 Å². The molecule has 0 heterocycles. The van der Waals surface area contributed by atoms with Crippen LogP contribution in [-0.2, 0) is 0 Å². The topological polar surface area (TPSA) is 76.2 Å². The summed E-state index contributed by atoms with van der Waals surface area (Å²) in [4.78, 5) is 10.4. The van der Waals surface area contributed by atoms with E-state index in [1.54, 1.807) is 30.3 Å². The molecule has 0 saturated heterocycles. The smallest absolute Gasteiger partial charge is 0.270 e. The van der Waals surface area contributed by atoms with Crippen molar-refractivity contribution in [3.8, 4) is 24.2 Å². The van der Waals surface area contributed by atoms with E-state index in [1.165, 1.54) is 12.1 Å². The summed E-state index contributed by atoms with van der Waals surface area (Å²) >= 11 is 2.12. The fourth-order valence-electron chi connectivity index (χ4n) is 1.98. The molecule has 0 amide bonds. The summed E-state index contributed by atoms with van der Waals surface area (Å²) in [5, 5.41) is 20.2. The van der Waals surface area contributed by atoms with E-state index >= 15 is 0 Å². The Hall–Kier alpha value is -2.84. The van der Waals surface area contributed by atoms with Crippen LogP contribution in [0.1, 0.15) is 11.1 Å². The van der Waals surface area contributed by atoms with E-state index in [-0.39, 0.29) is 12.3 Å². The van der Waals surface area contributed by atoms with Gasteiger partial charge in [0.1, 0.15) is 12.4 Å². The van der Waals surface area contributed by atoms with Gasteiger partial charge in [-0.05, 0) is 51.9 Å². The predicted molar refractivity (Wildman–Crippen MR) is 100 cm³/mol. The Labute approximate surface area is 152 Å². The van der Waals surface area contributed by atoms with Gasteiger partial charge < -0.3 is 4.74 Å². The fourth-order valence-corrected chi connectivity index (χ4v) is 2.67. The maximum Gasteiger partial charge on any atom is 0.270 e. The monoisotopic (exact) mass is 430 g/mol. The van der Waals surface area contributed by atoms with E-state index in [0.29, 0.717) is 16.9 Å². The average Bonchev–Trinajstić information content (AvgIpc) is 2.59. The van der Waals surface area contributed by atoms with Crippen molar-refractivity contribution in [2.24, 2.45) is 0 Å². The Kier molecular flexibility index (Phi) is 5.94. The summed E-state index contributed by atoms with van der Waals surface area (Å²) in [6.45, 7) is 0.183. The van der Waals surface area contributed by atoms with Crippen molar-refractivity contribution < 1.29 is 9.66 Å². The number of non-ortho nitro benzene ring substituents is 1. The van der Waals surface area contributed by atoms with Crippen LogP contribution >= 0.6 is 22.6 Å². The van der Waals surface area contributed by atoms with Crippen molar-refractivity contribution in [2.45, 2.75) is 0 Å². The third-order valence-corrected chi connectivity index (χ3v) is 3.91. The summed E-state index contributed by atoms with van der Waals surface area (Å²) in [5.41, 5.74) is 1.57. The van der Waals surface area contributed by atoms with Crippen LogP contribution in [-0.4, -0.2) is 11.5 Å². The van der Waals surface area contributed by atoms with Crippen molar-refractivity contribution in [1.29, 1.82) is 5.26 Å². The first-order chi connectivity index (χ1) is 11.5. The highest BCUT2D eigenvalue weighted by Gasteiger charge is 2.09. The minimum absolute atomic E-state index is 0.0544. The van der Waals surface area contributed by atoms with E-state index in [1.807, 2.05) is 6.07 Å². The Bertz CT molecular complexity index is 892. The number of benzene rings is 2. The molecule has 0 aromatic heterocycles. The maximum absolute atomic E-state index is 10.9. The lowest BCUT2D eigenvalue weighted by Gasteiger charge is -2.06. The second-order valence-corrected chi connectivity index (χ2v) is 5.82. The summed E-state index contributed by atoms with van der Waals surface area (Å²) in [5.74, 6) is 3.07. The summed E-state index contributed by atoms with van der Waals surface area (Å²) in [7, 11) is 0. The SMILES string of the molecule is C#CCOc1ccc(/C=C(/C#N)c2cccc([N+](=O)[O-])c2)cc1I. The molecule has 2 rings (SSSR count). The van der Waals surface area contributed by atoms with Crippen molar-refractivity contribution in [2.75, 3.05) is 6.61 Å². The van der Waals surface area contributed by atoms with Gasteiger partial charge in [0.25, 0.3) is 5.69 Å². The molecule has 0 N–H and O–H groups in total. The van der Waals surface area contributed by atoms with Gasteiger partial charge in [-0.15, -0.1) is 6.42 Å². The third-order valence-electron chi connectivity index (χ3n) is 3.07. The highest BCUT2D eigenvalue weighted by molar-refractivity contribution is 14.1. The number of nitrogens with zero attached hydrogens (tertiary/aromatic N) is 2. The number of nitro groups is 1. The lowest BCUT2D eigenvalue weighted by Crippen LogP contribution is -1.95. The van der Waals surface area contributed by atoms with Crippen molar-refractivity contribution in [1.82, 2.24) is 0 Å². The third kappa shape index (κ3) is 4.34. The van der Waals surface area contributed by atoms with Crippen LogP contribution in [0.2, 0.25) is 0 Å².